The van der Waals surface area contributed by atoms with Crippen LogP contribution in [0.4, 0.5) is 11.4 Å². The van der Waals surface area contributed by atoms with Crippen LogP contribution in [0.2, 0.25) is 0 Å². The fourth-order valence-corrected chi connectivity index (χ4v) is 5.30. The van der Waals surface area contributed by atoms with Crippen molar-refractivity contribution in [2.75, 3.05) is 22.9 Å². The summed E-state index contributed by atoms with van der Waals surface area (Å²) in [5, 5.41) is 0. The van der Waals surface area contributed by atoms with Crippen molar-refractivity contribution in [3.63, 3.8) is 0 Å². The zero-order chi connectivity index (χ0) is 22.2. The van der Waals surface area contributed by atoms with Crippen molar-refractivity contribution in [3.05, 3.63) is 58.7 Å². The number of rotatable bonds is 6. The summed E-state index contributed by atoms with van der Waals surface area (Å²) in [4.78, 5) is 5.08. The Balaban J connectivity index is 2.12. The zero-order valence-electron chi connectivity index (χ0n) is 19.9. The third kappa shape index (κ3) is 4.29. The van der Waals surface area contributed by atoms with Gasteiger partial charge in [0.05, 0.1) is 0 Å². The van der Waals surface area contributed by atoms with Crippen LogP contribution in [0.5, 0.6) is 0 Å². The summed E-state index contributed by atoms with van der Waals surface area (Å²) in [7, 11) is 0. The fraction of sp³-hybridized carbons (Fsp3) is 0.519. The van der Waals surface area contributed by atoms with E-state index in [1.54, 1.807) is 0 Å². The van der Waals surface area contributed by atoms with Gasteiger partial charge in [0.15, 0.2) is 0 Å². The van der Waals surface area contributed by atoms with Gasteiger partial charge in [-0.1, -0.05) is 0 Å². The zero-order valence-corrected chi connectivity index (χ0v) is 21.6. The Morgan fingerprint density at radius 1 is 0.567 bits per heavy atom. The van der Waals surface area contributed by atoms with Crippen LogP contribution in [0.25, 0.3) is 0 Å². The first kappa shape index (κ1) is 23.2. The van der Waals surface area contributed by atoms with Crippen LogP contribution >= 0.6 is 0 Å². The van der Waals surface area contributed by atoms with Gasteiger partial charge in [0.2, 0.25) is 0 Å². The summed E-state index contributed by atoms with van der Waals surface area (Å²) in [5.74, 6) is 1.99. The molecule has 0 N–H and O–H groups in total. The maximum absolute atomic E-state index is 3.33. The van der Waals surface area contributed by atoms with E-state index in [2.05, 4.69) is 119 Å². The molecule has 0 radical (unpaired) electrons. The molecule has 1 aliphatic heterocycles. The molecule has 0 aromatic heterocycles. The first-order valence-corrected chi connectivity index (χ1v) is 12.3. The van der Waals surface area contributed by atoms with E-state index < -0.39 is 0 Å². The van der Waals surface area contributed by atoms with Crippen LogP contribution in [0.3, 0.4) is 0 Å². The van der Waals surface area contributed by atoms with Gasteiger partial charge in [0.1, 0.15) is 0 Å². The molecule has 0 saturated carbocycles. The molecule has 1 aliphatic rings. The molecule has 0 aliphatic carbocycles. The SMILES string of the molecule is CC(C)c1cccc(C(C)C)c1N1CCN(c2c(C(C)C)cccc2C(C)C)[C]1=[Rh]. The molecule has 0 spiro atoms. The van der Waals surface area contributed by atoms with Crippen molar-refractivity contribution < 1.29 is 17.9 Å². The summed E-state index contributed by atoms with van der Waals surface area (Å²) < 4.78 is 1.25. The molecule has 1 saturated heterocycles. The number of hydrogen-bond donors (Lipinski definition) is 0. The van der Waals surface area contributed by atoms with Gasteiger partial charge in [0, 0.05) is 0 Å². The summed E-state index contributed by atoms with van der Waals surface area (Å²) in [6.07, 6.45) is 0. The number of anilines is 2. The Morgan fingerprint density at radius 2 is 0.833 bits per heavy atom. The number of para-hydroxylation sites is 2. The van der Waals surface area contributed by atoms with Crippen LogP contribution in [0, 0.1) is 0 Å². The molecule has 0 unspecified atom stereocenters. The van der Waals surface area contributed by atoms with Crippen molar-refractivity contribution in [1.82, 2.24) is 0 Å². The first-order chi connectivity index (χ1) is 14.1. The van der Waals surface area contributed by atoms with E-state index in [-0.39, 0.29) is 0 Å². The Morgan fingerprint density at radius 3 is 1.07 bits per heavy atom. The van der Waals surface area contributed by atoms with Crippen LogP contribution in [0.15, 0.2) is 36.4 Å². The van der Waals surface area contributed by atoms with Crippen LogP contribution in [-0.2, 0) is 17.9 Å². The minimum absolute atomic E-state index is 0.497. The predicted molar refractivity (Wildman–Crippen MR) is 129 cm³/mol. The van der Waals surface area contributed by atoms with E-state index in [1.165, 1.54) is 38.0 Å². The quantitative estimate of drug-likeness (QED) is 0.395. The van der Waals surface area contributed by atoms with Crippen molar-refractivity contribution in [3.8, 4) is 0 Å². The number of benzene rings is 2. The molecule has 2 aromatic rings. The van der Waals surface area contributed by atoms with E-state index in [1.807, 2.05) is 0 Å². The van der Waals surface area contributed by atoms with Crippen LogP contribution in [0.1, 0.15) is 101 Å². The monoisotopic (exact) mass is 493 g/mol. The van der Waals surface area contributed by atoms with E-state index in [0.717, 1.165) is 13.1 Å². The van der Waals surface area contributed by atoms with Crippen LogP contribution < -0.4 is 9.80 Å². The van der Waals surface area contributed by atoms with Crippen molar-refractivity contribution in [1.29, 1.82) is 0 Å². The van der Waals surface area contributed by atoms with E-state index >= 15 is 0 Å². The average molecular weight is 494 g/mol. The van der Waals surface area contributed by atoms with E-state index in [9.17, 15) is 0 Å². The predicted octanol–water partition coefficient (Wildman–Crippen LogP) is 7.14. The topological polar surface area (TPSA) is 6.48 Å². The molecule has 3 heteroatoms. The number of hydrogen-bond acceptors (Lipinski definition) is 2. The van der Waals surface area contributed by atoms with Crippen molar-refractivity contribution in [2.45, 2.75) is 79.1 Å². The Kier molecular flexibility index (Phi) is 7.23. The Hall–Kier alpha value is -1.47. The molecule has 165 valence electrons. The molecule has 2 aromatic carbocycles. The summed E-state index contributed by atoms with van der Waals surface area (Å²) in [5.41, 5.74) is 8.60. The third-order valence-electron chi connectivity index (χ3n) is 6.19. The van der Waals surface area contributed by atoms with Crippen molar-refractivity contribution >= 4 is 15.7 Å². The van der Waals surface area contributed by atoms with Gasteiger partial charge in [0.25, 0.3) is 0 Å². The molecular formula is C27H38N2Rh. The van der Waals surface area contributed by atoms with Gasteiger partial charge < -0.3 is 0 Å². The second kappa shape index (κ2) is 9.35. The molecule has 0 atom stereocenters. The summed E-state index contributed by atoms with van der Waals surface area (Å²) in [6, 6.07) is 13.7. The van der Waals surface area contributed by atoms with Gasteiger partial charge in [-0.05, 0) is 0 Å². The summed E-state index contributed by atoms with van der Waals surface area (Å²) in [6.45, 7) is 20.5. The van der Waals surface area contributed by atoms with Gasteiger partial charge in [-0.3, -0.25) is 0 Å². The molecule has 1 heterocycles. The Bertz CT molecular complexity index is 785. The van der Waals surface area contributed by atoms with Gasteiger partial charge in [-0.15, -0.1) is 0 Å². The molecule has 3 rings (SSSR count). The van der Waals surface area contributed by atoms with Gasteiger partial charge in [-0.2, -0.15) is 0 Å². The van der Waals surface area contributed by atoms with E-state index in [0.29, 0.717) is 23.7 Å². The third-order valence-corrected chi connectivity index (χ3v) is 7.08. The molecule has 1 fully saturated rings. The average Bonchev–Trinajstić information content (AvgIpc) is 3.07. The van der Waals surface area contributed by atoms with Gasteiger partial charge >= 0.3 is 194 Å². The second-order valence-electron chi connectivity index (χ2n) is 9.74. The number of nitrogens with zero attached hydrogens (tertiary/aromatic N) is 2. The van der Waals surface area contributed by atoms with E-state index in [4.69, 9.17) is 0 Å². The first-order valence-electron chi connectivity index (χ1n) is 11.5. The van der Waals surface area contributed by atoms with Gasteiger partial charge in [-0.25, -0.2) is 0 Å². The second-order valence-corrected chi connectivity index (χ2v) is 10.5. The normalized spacial score (nSPS) is 14.9. The van der Waals surface area contributed by atoms with Crippen LogP contribution in [-0.4, -0.2) is 17.4 Å². The molecule has 2 nitrogen and oxygen atoms in total. The fourth-order valence-electron chi connectivity index (χ4n) is 4.57. The molecule has 0 amide bonds. The molecular weight excluding hydrogens is 455 g/mol. The standard InChI is InChI=1S/C27H38N2.Rh/c1-18(2)22-11-9-12-23(19(3)4)26(22)28-15-16-29(17-28)27-24(20(5)6)13-10-14-25(27)21(7)8;/h9-14,18-21H,15-16H2,1-8H3;. The van der Waals surface area contributed by atoms with Crippen molar-refractivity contribution in [2.24, 2.45) is 0 Å². The minimum atomic E-state index is 0.497. The Labute approximate surface area is 193 Å². The molecule has 0 bridgehead atoms. The maximum atomic E-state index is 3.33. The molecule has 30 heavy (non-hydrogen) atoms. The summed E-state index contributed by atoms with van der Waals surface area (Å²) >= 11 is 3.33.